The fourth-order valence-electron chi connectivity index (χ4n) is 0.165. The van der Waals surface area contributed by atoms with Crippen LogP contribution in [0.1, 0.15) is 0 Å². The Hall–Kier alpha value is -0.0251. The van der Waals surface area contributed by atoms with Crippen LogP contribution in [0.5, 0.6) is 0 Å². The second-order valence-corrected chi connectivity index (χ2v) is 1.69. The van der Waals surface area contributed by atoms with Gasteiger partial charge >= 0.3 is 7.32 Å². The molecule has 0 atom stereocenters. The molecule has 0 unspecified atom stereocenters. The first-order valence-corrected chi connectivity index (χ1v) is 2.31. The van der Waals surface area contributed by atoms with E-state index in [2.05, 4.69) is 11.2 Å². The number of halogens is 1. The van der Waals surface area contributed by atoms with Crippen LogP contribution in [0.25, 0.3) is 0 Å². The second kappa shape index (κ2) is 3.92. The van der Waals surface area contributed by atoms with Crippen LogP contribution >= 0.6 is 11.6 Å². The lowest BCUT2D eigenvalue weighted by Gasteiger charge is -1.97. The Balaban J connectivity index is 3.05. The van der Waals surface area contributed by atoms with Crippen molar-refractivity contribution in [1.82, 2.24) is 0 Å². The van der Waals surface area contributed by atoms with Gasteiger partial charge in [-0.3, -0.25) is 0 Å². The van der Waals surface area contributed by atoms with Crippen LogP contribution in [0.2, 0.25) is 0 Å². The van der Waals surface area contributed by atoms with Crippen LogP contribution in [0.4, 0.5) is 0 Å². The average molecular weight is 136 g/mol. The average Bonchev–Trinajstić information content (AvgIpc) is 1.61. The molecule has 0 saturated carbocycles. The van der Waals surface area contributed by atoms with Gasteiger partial charge in [0.15, 0.2) is 0 Å². The first-order valence-electron chi connectivity index (χ1n) is 1.94. The molecule has 0 spiro atoms. The molecule has 0 radical (unpaired) electrons. The van der Waals surface area contributed by atoms with Crippen LogP contribution in [-0.4, -0.2) is 24.0 Å². The lowest BCUT2D eigenvalue weighted by molar-refractivity contribution is 0.205. The van der Waals surface area contributed by atoms with Gasteiger partial charge in [0.2, 0.25) is 0 Å². The summed E-state index contributed by atoms with van der Waals surface area (Å²) in [7, 11) is -1.76. The van der Waals surface area contributed by atoms with Crippen LogP contribution < -0.4 is 0 Å². The van der Waals surface area contributed by atoms with Gasteiger partial charge in [0, 0.05) is 5.03 Å². The third-order valence-corrected chi connectivity index (χ3v) is 0.498. The summed E-state index contributed by atoms with van der Waals surface area (Å²) in [4.78, 5) is 0. The van der Waals surface area contributed by atoms with Crippen LogP contribution in [0, 0.1) is 0 Å². The molecule has 0 aromatic rings. The summed E-state index contributed by atoms with van der Waals surface area (Å²) in [5.41, 5.74) is 0. The molecule has 0 saturated heterocycles. The number of hydrogen-bond acceptors (Lipinski definition) is 3. The third kappa shape index (κ3) is 5.97. The van der Waals surface area contributed by atoms with Gasteiger partial charge in [-0.25, -0.2) is 0 Å². The Morgan fingerprint density at radius 3 is 2.38 bits per heavy atom. The topological polar surface area (TPSA) is 49.7 Å². The molecule has 8 heavy (non-hydrogen) atoms. The molecule has 0 fully saturated rings. The molecule has 3 nitrogen and oxygen atoms in total. The van der Waals surface area contributed by atoms with Crippen molar-refractivity contribution in [2.24, 2.45) is 0 Å². The fourth-order valence-corrected chi connectivity index (χ4v) is 0.228. The molecule has 0 aromatic heterocycles. The third-order valence-electron chi connectivity index (χ3n) is 0.389. The molecule has 0 aromatic carbocycles. The van der Waals surface area contributed by atoms with Gasteiger partial charge in [-0.1, -0.05) is 18.2 Å². The smallest absolute Gasteiger partial charge is 0.402 e. The molecule has 46 valence electrons. The first kappa shape index (κ1) is 7.97. The van der Waals surface area contributed by atoms with Crippen LogP contribution in [0.15, 0.2) is 11.6 Å². The van der Waals surface area contributed by atoms with Crippen molar-refractivity contribution in [1.29, 1.82) is 0 Å². The van der Waals surface area contributed by atoms with Crippen molar-refractivity contribution >= 4 is 18.9 Å². The van der Waals surface area contributed by atoms with E-state index in [-0.39, 0.29) is 11.6 Å². The Morgan fingerprint density at radius 2 is 2.25 bits per heavy atom. The van der Waals surface area contributed by atoms with Crippen molar-refractivity contribution in [3.63, 3.8) is 0 Å². The zero-order chi connectivity index (χ0) is 6.57. The maximum Gasteiger partial charge on any atom is 0.634 e. The first-order chi connectivity index (χ1) is 3.63. The highest BCUT2D eigenvalue weighted by molar-refractivity contribution is 6.33. The van der Waals surface area contributed by atoms with Crippen LogP contribution in [0.3, 0.4) is 0 Å². The Kier molecular flexibility index (Phi) is 3.90. The molecule has 0 heterocycles. The van der Waals surface area contributed by atoms with E-state index in [1.54, 1.807) is 0 Å². The standard InChI is InChI=1S/C3H6BClO3/c1-3(5)2-8-4(6)7/h6-7H,1-2H2. The highest BCUT2D eigenvalue weighted by atomic mass is 35.5. The number of hydrogen-bond donors (Lipinski definition) is 2. The lowest BCUT2D eigenvalue weighted by atomic mass is 10.3. The monoisotopic (exact) mass is 136 g/mol. The van der Waals surface area contributed by atoms with Gasteiger partial charge in [0.1, 0.15) is 0 Å². The summed E-state index contributed by atoms with van der Waals surface area (Å²) in [6.07, 6.45) is 0. The summed E-state index contributed by atoms with van der Waals surface area (Å²) in [6, 6.07) is 0. The van der Waals surface area contributed by atoms with Gasteiger partial charge in [0.05, 0.1) is 6.61 Å². The summed E-state index contributed by atoms with van der Waals surface area (Å²) in [5, 5.41) is 16.3. The normalized spacial score (nSPS) is 8.88. The molecule has 0 aliphatic rings. The SMILES string of the molecule is C=C(Cl)COB(O)O. The van der Waals surface area contributed by atoms with E-state index in [0.29, 0.717) is 0 Å². The van der Waals surface area contributed by atoms with Crippen molar-refractivity contribution in [2.75, 3.05) is 6.61 Å². The van der Waals surface area contributed by atoms with Crippen molar-refractivity contribution in [2.45, 2.75) is 0 Å². The van der Waals surface area contributed by atoms with E-state index in [4.69, 9.17) is 21.6 Å². The Labute approximate surface area is 52.7 Å². The minimum atomic E-state index is -1.76. The molecule has 0 rings (SSSR count). The summed E-state index contributed by atoms with van der Waals surface area (Å²) in [6.45, 7) is 3.20. The summed E-state index contributed by atoms with van der Waals surface area (Å²) < 4.78 is 4.18. The zero-order valence-corrected chi connectivity index (χ0v) is 4.93. The molecule has 0 bridgehead atoms. The number of rotatable bonds is 3. The maximum atomic E-state index is 8.03. The fraction of sp³-hybridized carbons (Fsp3) is 0.333. The van der Waals surface area contributed by atoms with Crippen LogP contribution in [-0.2, 0) is 4.65 Å². The quantitative estimate of drug-likeness (QED) is 0.525. The Morgan fingerprint density at radius 1 is 1.75 bits per heavy atom. The van der Waals surface area contributed by atoms with Gasteiger partial charge in [-0.15, -0.1) is 0 Å². The maximum absolute atomic E-state index is 8.03. The van der Waals surface area contributed by atoms with E-state index in [1.807, 2.05) is 0 Å². The van der Waals surface area contributed by atoms with E-state index in [1.165, 1.54) is 0 Å². The van der Waals surface area contributed by atoms with Gasteiger partial charge in [-0.05, 0) is 0 Å². The minimum absolute atomic E-state index is 0.0424. The molecule has 2 N–H and O–H groups in total. The van der Waals surface area contributed by atoms with E-state index in [9.17, 15) is 0 Å². The largest absolute Gasteiger partial charge is 0.634 e. The molecule has 0 aliphatic heterocycles. The summed E-state index contributed by atoms with van der Waals surface area (Å²) >= 11 is 5.18. The molecule has 5 heteroatoms. The highest BCUT2D eigenvalue weighted by Gasteiger charge is 2.06. The second-order valence-electron chi connectivity index (χ2n) is 1.15. The van der Waals surface area contributed by atoms with Gasteiger partial charge in [0.25, 0.3) is 0 Å². The van der Waals surface area contributed by atoms with Crippen molar-refractivity contribution in [3.8, 4) is 0 Å². The lowest BCUT2D eigenvalue weighted by Crippen LogP contribution is -2.17. The molecular weight excluding hydrogens is 130 g/mol. The van der Waals surface area contributed by atoms with E-state index in [0.717, 1.165) is 0 Å². The van der Waals surface area contributed by atoms with Crippen molar-refractivity contribution in [3.05, 3.63) is 11.6 Å². The predicted molar refractivity (Wildman–Crippen MR) is 31.1 cm³/mol. The zero-order valence-electron chi connectivity index (χ0n) is 4.17. The summed E-state index contributed by atoms with van der Waals surface area (Å²) in [5.74, 6) is 0. The van der Waals surface area contributed by atoms with Gasteiger partial charge < -0.3 is 14.7 Å². The minimum Gasteiger partial charge on any atom is -0.402 e. The van der Waals surface area contributed by atoms with Gasteiger partial charge in [-0.2, -0.15) is 0 Å². The molecular formula is C3H6BClO3. The van der Waals surface area contributed by atoms with E-state index < -0.39 is 7.32 Å². The van der Waals surface area contributed by atoms with E-state index >= 15 is 0 Å². The predicted octanol–water partition coefficient (Wildman–Crippen LogP) is -0.275. The molecule has 0 amide bonds. The Bertz CT molecular complexity index is 84.6. The molecule has 0 aliphatic carbocycles. The van der Waals surface area contributed by atoms with Crippen molar-refractivity contribution < 1.29 is 14.7 Å². The highest BCUT2D eigenvalue weighted by Crippen LogP contribution is 1.95.